The molecular formula is C25H29N5O4. The molecule has 1 saturated heterocycles. The maximum atomic E-state index is 12.5. The molecule has 9 nitrogen and oxygen atoms in total. The second kappa shape index (κ2) is 8.88. The summed E-state index contributed by atoms with van der Waals surface area (Å²) in [5, 5.41) is 13.1. The number of hydrogen-bond donors (Lipinski definition) is 1. The summed E-state index contributed by atoms with van der Waals surface area (Å²) in [7, 11) is 1.71. The van der Waals surface area contributed by atoms with Crippen molar-refractivity contribution in [3.8, 4) is 17.4 Å². The second-order valence-corrected chi connectivity index (χ2v) is 9.26. The topological polar surface area (TPSA) is 90.7 Å². The summed E-state index contributed by atoms with van der Waals surface area (Å²) >= 11 is 0. The normalized spacial score (nSPS) is 20.1. The van der Waals surface area contributed by atoms with Crippen LogP contribution in [0.4, 0.5) is 0 Å². The van der Waals surface area contributed by atoms with E-state index in [0.717, 1.165) is 54.8 Å². The Morgan fingerprint density at radius 3 is 2.79 bits per heavy atom. The van der Waals surface area contributed by atoms with Crippen LogP contribution in [0.5, 0.6) is 17.4 Å². The van der Waals surface area contributed by atoms with E-state index in [1.165, 1.54) is 5.56 Å². The number of likely N-dealkylation sites (tertiary alicyclic amines) is 1. The van der Waals surface area contributed by atoms with Crippen LogP contribution in [0.25, 0.3) is 10.9 Å². The van der Waals surface area contributed by atoms with Crippen molar-refractivity contribution < 1.29 is 14.2 Å². The van der Waals surface area contributed by atoms with Crippen molar-refractivity contribution in [2.75, 3.05) is 40.0 Å². The molecule has 1 unspecified atom stereocenters. The van der Waals surface area contributed by atoms with Crippen LogP contribution in [0, 0.1) is 0 Å². The number of hydrogen-bond acceptors (Lipinski definition) is 8. The van der Waals surface area contributed by atoms with Gasteiger partial charge in [0.05, 0.1) is 18.3 Å². The number of fused-ring (bicyclic) bond motifs is 1. The Kier molecular flexibility index (Phi) is 5.58. The van der Waals surface area contributed by atoms with E-state index >= 15 is 0 Å². The van der Waals surface area contributed by atoms with Gasteiger partial charge in [0.25, 0.3) is 11.4 Å². The largest absolute Gasteiger partial charge is 0.496 e. The number of aromatic nitrogens is 3. The molecule has 0 aliphatic carbocycles. The molecule has 6 rings (SSSR count). The van der Waals surface area contributed by atoms with Crippen molar-refractivity contribution >= 4 is 10.9 Å². The Hall–Kier alpha value is -3.17. The molecule has 0 bridgehead atoms. The van der Waals surface area contributed by atoms with Gasteiger partial charge in [-0.1, -0.05) is 0 Å². The Bertz CT molecular complexity index is 1270. The predicted molar refractivity (Wildman–Crippen MR) is 127 cm³/mol. The third-order valence-corrected chi connectivity index (χ3v) is 7.18. The average molecular weight is 464 g/mol. The van der Waals surface area contributed by atoms with Gasteiger partial charge in [-0.15, -0.1) is 5.10 Å². The van der Waals surface area contributed by atoms with Crippen LogP contribution < -0.4 is 25.1 Å². The van der Waals surface area contributed by atoms with Gasteiger partial charge in [0.15, 0.2) is 5.75 Å². The molecule has 9 heteroatoms. The summed E-state index contributed by atoms with van der Waals surface area (Å²) in [5.41, 5.74) is 3.14. The molecule has 3 aliphatic rings. The number of ether oxygens (including phenoxy) is 3. The minimum absolute atomic E-state index is 0.0645. The van der Waals surface area contributed by atoms with E-state index < -0.39 is 0 Å². The first-order chi connectivity index (χ1) is 16.7. The standard InChI is InChI=1S/C25H29N5O4/c1-32-20-4-2-16-3-5-22(31)30-15-17(23(20)24(16)30)14-29-8-6-18(7-9-29)26-13-19-12-21-25(28-27-19)34-11-10-33-21/h2-5,12,17-18,26H,6-11,13-15H2,1H3. The summed E-state index contributed by atoms with van der Waals surface area (Å²) in [5.74, 6) is 2.29. The molecule has 1 aromatic carbocycles. The molecule has 1 fully saturated rings. The van der Waals surface area contributed by atoms with Gasteiger partial charge in [0.2, 0.25) is 0 Å². The SMILES string of the molecule is COc1ccc2ccc(=O)n3c2c1C(CN1CCC(NCc2cc4c(nn2)OCCO4)CC1)C3. The van der Waals surface area contributed by atoms with Gasteiger partial charge >= 0.3 is 0 Å². The lowest BCUT2D eigenvalue weighted by Crippen LogP contribution is -2.43. The Balaban J connectivity index is 1.07. The molecule has 0 radical (unpaired) electrons. The molecule has 1 atom stereocenters. The first-order valence-corrected chi connectivity index (χ1v) is 12.0. The molecule has 34 heavy (non-hydrogen) atoms. The van der Waals surface area contributed by atoms with Gasteiger partial charge in [-0.25, -0.2) is 0 Å². The van der Waals surface area contributed by atoms with Gasteiger partial charge in [-0.2, -0.15) is 5.10 Å². The highest BCUT2D eigenvalue weighted by atomic mass is 16.6. The zero-order chi connectivity index (χ0) is 23.1. The Morgan fingerprint density at radius 2 is 1.94 bits per heavy atom. The Labute approximate surface area is 197 Å². The van der Waals surface area contributed by atoms with Crippen LogP contribution in [0.3, 0.4) is 0 Å². The van der Waals surface area contributed by atoms with Gasteiger partial charge in [-0.3, -0.25) is 4.79 Å². The molecule has 0 saturated carbocycles. The highest BCUT2D eigenvalue weighted by Gasteiger charge is 2.31. The summed E-state index contributed by atoms with van der Waals surface area (Å²) < 4.78 is 18.7. The summed E-state index contributed by atoms with van der Waals surface area (Å²) in [4.78, 5) is 15.0. The molecular weight excluding hydrogens is 434 g/mol. The third-order valence-electron chi connectivity index (χ3n) is 7.18. The van der Waals surface area contributed by atoms with Crippen molar-refractivity contribution in [2.24, 2.45) is 0 Å². The first kappa shape index (κ1) is 21.4. The third kappa shape index (κ3) is 3.88. The number of methoxy groups -OCH3 is 1. The van der Waals surface area contributed by atoms with Crippen LogP contribution in [0.1, 0.15) is 30.0 Å². The lowest BCUT2D eigenvalue weighted by molar-refractivity contribution is 0.161. The van der Waals surface area contributed by atoms with Crippen LogP contribution in [-0.2, 0) is 13.1 Å². The minimum Gasteiger partial charge on any atom is -0.496 e. The highest BCUT2D eigenvalue weighted by molar-refractivity contribution is 5.86. The fourth-order valence-electron chi connectivity index (χ4n) is 5.48. The van der Waals surface area contributed by atoms with Crippen molar-refractivity contribution in [3.05, 3.63) is 51.9 Å². The lowest BCUT2D eigenvalue weighted by Gasteiger charge is -2.34. The van der Waals surface area contributed by atoms with Gasteiger partial charge < -0.3 is 29.0 Å². The lowest BCUT2D eigenvalue weighted by atomic mass is 9.96. The number of nitrogens with one attached hydrogen (secondary N) is 1. The van der Waals surface area contributed by atoms with E-state index in [2.05, 4.69) is 20.4 Å². The van der Waals surface area contributed by atoms with Crippen LogP contribution >= 0.6 is 0 Å². The summed E-state index contributed by atoms with van der Waals surface area (Å²) in [6, 6.07) is 10.0. The average Bonchev–Trinajstić information content (AvgIpc) is 3.26. The number of pyridine rings is 1. The van der Waals surface area contributed by atoms with Crippen LogP contribution in [0.15, 0.2) is 35.1 Å². The van der Waals surface area contributed by atoms with E-state index in [1.807, 2.05) is 28.8 Å². The molecule has 0 amide bonds. The molecule has 5 heterocycles. The zero-order valence-corrected chi connectivity index (χ0v) is 19.3. The van der Waals surface area contributed by atoms with E-state index in [1.54, 1.807) is 13.2 Å². The molecule has 3 aliphatic heterocycles. The number of nitrogens with zero attached hydrogens (tertiary/aromatic N) is 4. The minimum atomic E-state index is 0.0645. The molecule has 2 aromatic heterocycles. The van der Waals surface area contributed by atoms with E-state index in [-0.39, 0.29) is 11.5 Å². The van der Waals surface area contributed by atoms with Crippen LogP contribution in [0.2, 0.25) is 0 Å². The number of benzene rings is 1. The monoisotopic (exact) mass is 463 g/mol. The molecule has 1 N–H and O–H groups in total. The number of piperidine rings is 1. The van der Waals surface area contributed by atoms with E-state index in [9.17, 15) is 4.79 Å². The maximum absolute atomic E-state index is 12.5. The predicted octanol–water partition coefficient (Wildman–Crippen LogP) is 1.92. The first-order valence-electron chi connectivity index (χ1n) is 12.0. The van der Waals surface area contributed by atoms with Crippen LogP contribution in [-0.4, -0.2) is 65.7 Å². The van der Waals surface area contributed by atoms with E-state index in [4.69, 9.17) is 14.2 Å². The Morgan fingerprint density at radius 1 is 1.12 bits per heavy atom. The molecule has 3 aromatic rings. The van der Waals surface area contributed by atoms with Crippen molar-refractivity contribution in [2.45, 2.75) is 37.9 Å². The highest BCUT2D eigenvalue weighted by Crippen LogP contribution is 2.40. The van der Waals surface area contributed by atoms with E-state index in [0.29, 0.717) is 44.0 Å². The van der Waals surface area contributed by atoms with Crippen molar-refractivity contribution in [3.63, 3.8) is 0 Å². The molecule has 0 spiro atoms. The quantitative estimate of drug-likeness (QED) is 0.593. The molecule has 178 valence electrons. The maximum Gasteiger partial charge on any atom is 0.276 e. The fraction of sp³-hybridized carbons (Fsp3) is 0.480. The van der Waals surface area contributed by atoms with Crippen molar-refractivity contribution in [1.82, 2.24) is 25.0 Å². The smallest absolute Gasteiger partial charge is 0.276 e. The van der Waals surface area contributed by atoms with Crippen molar-refractivity contribution in [1.29, 1.82) is 0 Å². The summed E-state index contributed by atoms with van der Waals surface area (Å²) in [6.45, 7) is 5.40. The summed E-state index contributed by atoms with van der Waals surface area (Å²) in [6.07, 6.45) is 2.14. The second-order valence-electron chi connectivity index (χ2n) is 9.26. The van der Waals surface area contributed by atoms with Gasteiger partial charge in [0.1, 0.15) is 19.0 Å². The van der Waals surface area contributed by atoms with Gasteiger partial charge in [0, 0.05) is 49.3 Å². The zero-order valence-electron chi connectivity index (χ0n) is 19.3. The number of rotatable bonds is 6. The fourth-order valence-corrected chi connectivity index (χ4v) is 5.48. The van der Waals surface area contributed by atoms with Gasteiger partial charge in [-0.05, 0) is 49.5 Å².